The predicted octanol–water partition coefficient (Wildman–Crippen LogP) is 1.09. The highest BCUT2D eigenvalue weighted by Gasteiger charge is 2.38. The Morgan fingerprint density at radius 1 is 1.33 bits per heavy atom. The van der Waals surface area contributed by atoms with Crippen LogP contribution in [0.2, 0.25) is 0 Å². The molecule has 1 saturated heterocycles. The van der Waals surface area contributed by atoms with E-state index in [4.69, 9.17) is 10.5 Å². The van der Waals surface area contributed by atoms with Crippen molar-refractivity contribution in [1.82, 2.24) is 0 Å². The van der Waals surface area contributed by atoms with Gasteiger partial charge in [-0.15, -0.1) is 0 Å². The predicted molar refractivity (Wildman–Crippen MR) is 68.3 cm³/mol. The topological polar surface area (TPSA) is 84.6 Å². The van der Waals surface area contributed by atoms with Gasteiger partial charge in [0.05, 0.1) is 5.41 Å². The second kappa shape index (κ2) is 5.37. The van der Waals surface area contributed by atoms with Crippen LogP contribution in [0.4, 0.5) is 5.69 Å². The first-order valence-electron chi connectivity index (χ1n) is 6.05. The number of nitrogens with two attached hydrogens (primary N) is 1. The summed E-state index contributed by atoms with van der Waals surface area (Å²) in [5, 5.41) is 12.0. The van der Waals surface area contributed by atoms with Crippen LogP contribution in [0.25, 0.3) is 0 Å². The quantitative estimate of drug-likeness (QED) is 0.701. The SMILES string of the molecule is NCC1(C(=O)Nc2ccc(O)cc2)CCOCC1. The third kappa shape index (κ3) is 2.63. The molecule has 0 bridgehead atoms. The molecular formula is C13H18N2O3. The van der Waals surface area contributed by atoms with Crippen molar-refractivity contribution in [3.8, 4) is 5.75 Å². The minimum absolute atomic E-state index is 0.0704. The largest absolute Gasteiger partial charge is 0.508 e. The fourth-order valence-electron chi connectivity index (χ4n) is 2.09. The molecular weight excluding hydrogens is 232 g/mol. The lowest BCUT2D eigenvalue weighted by atomic mass is 9.79. The van der Waals surface area contributed by atoms with Gasteiger partial charge < -0.3 is 20.9 Å². The minimum Gasteiger partial charge on any atom is -0.508 e. The molecule has 0 spiro atoms. The summed E-state index contributed by atoms with van der Waals surface area (Å²) < 4.78 is 5.27. The average molecular weight is 250 g/mol. The Bertz CT molecular complexity index is 411. The summed E-state index contributed by atoms with van der Waals surface area (Å²) in [5.41, 5.74) is 5.89. The normalized spacial score (nSPS) is 18.3. The van der Waals surface area contributed by atoms with E-state index in [0.29, 0.717) is 38.3 Å². The van der Waals surface area contributed by atoms with Crippen LogP contribution in [0.3, 0.4) is 0 Å². The number of carbonyl (C=O) groups excluding carboxylic acids is 1. The smallest absolute Gasteiger partial charge is 0.232 e. The second-order valence-corrected chi connectivity index (χ2v) is 4.60. The van der Waals surface area contributed by atoms with Crippen LogP contribution >= 0.6 is 0 Å². The molecule has 0 radical (unpaired) electrons. The molecule has 0 aliphatic carbocycles. The van der Waals surface area contributed by atoms with Crippen molar-refractivity contribution in [3.63, 3.8) is 0 Å². The lowest BCUT2D eigenvalue weighted by molar-refractivity contribution is -0.130. The molecule has 1 amide bonds. The monoisotopic (exact) mass is 250 g/mol. The van der Waals surface area contributed by atoms with Crippen molar-refractivity contribution in [3.05, 3.63) is 24.3 Å². The van der Waals surface area contributed by atoms with E-state index in [-0.39, 0.29) is 11.7 Å². The van der Waals surface area contributed by atoms with Gasteiger partial charge in [-0.3, -0.25) is 4.79 Å². The van der Waals surface area contributed by atoms with Crippen LogP contribution in [0, 0.1) is 5.41 Å². The fraction of sp³-hybridized carbons (Fsp3) is 0.462. The van der Waals surface area contributed by atoms with Crippen molar-refractivity contribution < 1.29 is 14.6 Å². The summed E-state index contributed by atoms with van der Waals surface area (Å²) in [6.45, 7) is 1.46. The molecule has 0 saturated carbocycles. The number of anilines is 1. The zero-order chi connectivity index (χ0) is 13.0. The van der Waals surface area contributed by atoms with Gasteiger partial charge in [-0.05, 0) is 37.1 Å². The van der Waals surface area contributed by atoms with E-state index in [1.54, 1.807) is 12.1 Å². The standard InChI is InChI=1S/C13H18N2O3/c14-9-13(5-7-18-8-6-13)12(17)15-10-1-3-11(16)4-2-10/h1-4,16H,5-9,14H2,(H,15,17). The third-order valence-corrected chi connectivity index (χ3v) is 3.45. The Morgan fingerprint density at radius 2 is 1.94 bits per heavy atom. The lowest BCUT2D eigenvalue weighted by Crippen LogP contribution is -2.46. The molecule has 98 valence electrons. The molecule has 5 nitrogen and oxygen atoms in total. The number of phenols is 1. The number of benzene rings is 1. The van der Waals surface area contributed by atoms with E-state index in [0.717, 1.165) is 0 Å². The van der Waals surface area contributed by atoms with Crippen LogP contribution in [0.15, 0.2) is 24.3 Å². The average Bonchev–Trinajstić information content (AvgIpc) is 2.42. The molecule has 0 atom stereocenters. The summed E-state index contributed by atoms with van der Waals surface area (Å²) >= 11 is 0. The highest BCUT2D eigenvalue weighted by atomic mass is 16.5. The van der Waals surface area contributed by atoms with Crippen molar-refractivity contribution in [2.24, 2.45) is 11.1 Å². The fourth-order valence-corrected chi connectivity index (χ4v) is 2.09. The number of rotatable bonds is 3. The zero-order valence-corrected chi connectivity index (χ0v) is 10.2. The van der Waals surface area contributed by atoms with Crippen molar-refractivity contribution >= 4 is 11.6 Å². The van der Waals surface area contributed by atoms with Crippen LogP contribution in [0.1, 0.15) is 12.8 Å². The van der Waals surface area contributed by atoms with E-state index < -0.39 is 5.41 Å². The number of aromatic hydroxyl groups is 1. The van der Waals surface area contributed by atoms with E-state index >= 15 is 0 Å². The third-order valence-electron chi connectivity index (χ3n) is 3.45. The van der Waals surface area contributed by atoms with E-state index in [1.807, 2.05) is 0 Å². The van der Waals surface area contributed by atoms with E-state index in [1.165, 1.54) is 12.1 Å². The maximum Gasteiger partial charge on any atom is 0.232 e. The molecule has 4 N–H and O–H groups in total. The summed E-state index contributed by atoms with van der Waals surface area (Å²) in [7, 11) is 0. The molecule has 1 aliphatic heterocycles. The molecule has 5 heteroatoms. The summed E-state index contributed by atoms with van der Waals surface area (Å²) in [4.78, 5) is 12.3. The maximum atomic E-state index is 12.3. The zero-order valence-electron chi connectivity index (χ0n) is 10.2. The molecule has 2 rings (SSSR count). The number of nitrogens with one attached hydrogen (secondary N) is 1. The lowest BCUT2D eigenvalue weighted by Gasteiger charge is -2.34. The van der Waals surface area contributed by atoms with Crippen molar-refractivity contribution in [2.45, 2.75) is 12.8 Å². The summed E-state index contributed by atoms with van der Waals surface area (Å²) in [6, 6.07) is 6.40. The molecule has 0 unspecified atom stereocenters. The second-order valence-electron chi connectivity index (χ2n) is 4.60. The van der Waals surface area contributed by atoms with Gasteiger partial charge in [0.2, 0.25) is 5.91 Å². The van der Waals surface area contributed by atoms with Gasteiger partial charge in [0.1, 0.15) is 5.75 Å². The first-order valence-corrected chi connectivity index (χ1v) is 6.05. The van der Waals surface area contributed by atoms with Gasteiger partial charge in [0.15, 0.2) is 0 Å². The highest BCUT2D eigenvalue weighted by molar-refractivity contribution is 5.95. The number of ether oxygens (including phenoxy) is 1. The molecule has 1 fully saturated rings. The van der Waals surface area contributed by atoms with E-state index in [9.17, 15) is 9.90 Å². The van der Waals surface area contributed by atoms with Gasteiger partial charge in [-0.2, -0.15) is 0 Å². The molecule has 0 aromatic heterocycles. The Labute approximate surface area is 106 Å². The Balaban J connectivity index is 2.07. The van der Waals surface area contributed by atoms with Crippen LogP contribution in [-0.2, 0) is 9.53 Å². The first kappa shape index (κ1) is 12.9. The van der Waals surface area contributed by atoms with Crippen LogP contribution in [-0.4, -0.2) is 30.8 Å². The van der Waals surface area contributed by atoms with Crippen molar-refractivity contribution in [1.29, 1.82) is 0 Å². The Kier molecular flexibility index (Phi) is 3.84. The van der Waals surface area contributed by atoms with Crippen molar-refractivity contribution in [2.75, 3.05) is 25.1 Å². The number of amides is 1. The molecule has 1 aromatic carbocycles. The molecule has 1 heterocycles. The van der Waals surface area contributed by atoms with Gasteiger partial charge >= 0.3 is 0 Å². The minimum atomic E-state index is -0.532. The van der Waals surface area contributed by atoms with Crippen LogP contribution in [0.5, 0.6) is 5.75 Å². The van der Waals surface area contributed by atoms with Gasteiger partial charge in [0, 0.05) is 25.4 Å². The van der Waals surface area contributed by atoms with Gasteiger partial charge in [-0.1, -0.05) is 0 Å². The maximum absolute atomic E-state index is 12.3. The number of hydrogen-bond acceptors (Lipinski definition) is 4. The summed E-state index contributed by atoms with van der Waals surface area (Å²) in [6.07, 6.45) is 1.29. The number of carbonyl (C=O) groups is 1. The van der Waals surface area contributed by atoms with Gasteiger partial charge in [-0.25, -0.2) is 0 Å². The highest BCUT2D eigenvalue weighted by Crippen LogP contribution is 2.31. The van der Waals surface area contributed by atoms with Crippen LogP contribution < -0.4 is 11.1 Å². The molecule has 18 heavy (non-hydrogen) atoms. The first-order chi connectivity index (χ1) is 8.66. The Morgan fingerprint density at radius 3 is 2.50 bits per heavy atom. The number of phenolic OH excluding ortho intramolecular Hbond substituents is 1. The van der Waals surface area contributed by atoms with E-state index in [2.05, 4.69) is 5.32 Å². The number of hydrogen-bond donors (Lipinski definition) is 3. The Hall–Kier alpha value is -1.59. The molecule has 1 aliphatic rings. The molecule has 1 aromatic rings. The van der Waals surface area contributed by atoms with Gasteiger partial charge in [0.25, 0.3) is 0 Å². The summed E-state index contributed by atoms with van der Waals surface area (Å²) in [5.74, 6) is 0.103.